The third-order valence-corrected chi connectivity index (χ3v) is 3.77. The lowest BCUT2D eigenvalue weighted by atomic mass is 9.98. The zero-order valence-electron chi connectivity index (χ0n) is 11.1. The number of nitrogens with one attached hydrogen (secondary N) is 1. The van der Waals surface area contributed by atoms with E-state index in [1.165, 1.54) is 6.26 Å². The number of unbranched alkanes of at least 4 members (excludes halogenated alkanes) is 1. The highest BCUT2D eigenvalue weighted by Gasteiger charge is 2.12. The molecule has 1 atom stereocenters. The van der Waals surface area contributed by atoms with Crippen molar-refractivity contribution in [2.24, 2.45) is 5.92 Å². The molecule has 3 nitrogen and oxygen atoms in total. The largest absolute Gasteiger partial charge is 0.314 e. The fourth-order valence-electron chi connectivity index (χ4n) is 1.73. The molecule has 0 saturated heterocycles. The van der Waals surface area contributed by atoms with Crippen molar-refractivity contribution in [1.29, 1.82) is 0 Å². The molecule has 0 aromatic heterocycles. The van der Waals surface area contributed by atoms with Gasteiger partial charge in [-0.15, -0.1) is 0 Å². The molecule has 4 heteroatoms. The highest BCUT2D eigenvalue weighted by molar-refractivity contribution is 7.90. The minimum absolute atomic E-state index is 0.325. The third-order valence-electron chi connectivity index (χ3n) is 2.74. The van der Waals surface area contributed by atoms with Gasteiger partial charge in [0.05, 0.1) is 0 Å². The molecule has 0 aromatic carbocycles. The Bertz CT molecular complexity index is 260. The molecule has 0 fully saturated rings. The number of hydrogen-bond acceptors (Lipinski definition) is 3. The molecule has 0 aliphatic rings. The minimum atomic E-state index is -2.78. The molecule has 16 heavy (non-hydrogen) atoms. The zero-order valence-corrected chi connectivity index (χ0v) is 11.9. The van der Waals surface area contributed by atoms with Crippen LogP contribution in [0.4, 0.5) is 0 Å². The molecule has 98 valence electrons. The van der Waals surface area contributed by atoms with E-state index in [0.29, 0.717) is 17.7 Å². The average Bonchev–Trinajstić information content (AvgIpc) is 2.14. The topological polar surface area (TPSA) is 46.2 Å². The third kappa shape index (κ3) is 9.16. The van der Waals surface area contributed by atoms with E-state index >= 15 is 0 Å². The van der Waals surface area contributed by atoms with Crippen molar-refractivity contribution >= 4 is 9.84 Å². The first-order chi connectivity index (χ1) is 7.37. The van der Waals surface area contributed by atoms with E-state index in [1.807, 2.05) is 0 Å². The molecule has 1 unspecified atom stereocenters. The maximum Gasteiger partial charge on any atom is 0.147 e. The first-order valence-electron chi connectivity index (χ1n) is 6.28. The van der Waals surface area contributed by atoms with Gasteiger partial charge in [0, 0.05) is 18.1 Å². The van der Waals surface area contributed by atoms with Crippen molar-refractivity contribution in [3.05, 3.63) is 0 Å². The van der Waals surface area contributed by atoms with Crippen LogP contribution in [0.5, 0.6) is 0 Å². The Morgan fingerprint density at radius 2 is 1.81 bits per heavy atom. The van der Waals surface area contributed by atoms with Crippen LogP contribution in [0.2, 0.25) is 0 Å². The van der Waals surface area contributed by atoms with Crippen LogP contribution in [0.25, 0.3) is 0 Å². The molecule has 0 aliphatic carbocycles. The van der Waals surface area contributed by atoms with Gasteiger partial charge in [0.1, 0.15) is 9.84 Å². The van der Waals surface area contributed by atoms with Gasteiger partial charge in [0.15, 0.2) is 0 Å². The Balaban J connectivity index is 3.76. The summed E-state index contributed by atoms with van der Waals surface area (Å²) < 4.78 is 21.9. The Hall–Kier alpha value is -0.0900. The molecule has 0 aromatic rings. The molecule has 0 saturated carbocycles. The van der Waals surface area contributed by atoms with Crippen molar-refractivity contribution in [3.63, 3.8) is 0 Å². The van der Waals surface area contributed by atoms with Crippen molar-refractivity contribution in [1.82, 2.24) is 5.32 Å². The second kappa shape index (κ2) is 8.07. The van der Waals surface area contributed by atoms with Gasteiger partial charge in [0.25, 0.3) is 0 Å². The predicted octanol–water partition coefficient (Wildman–Crippen LogP) is 2.23. The van der Waals surface area contributed by atoms with Gasteiger partial charge in [-0.3, -0.25) is 0 Å². The Morgan fingerprint density at radius 3 is 2.25 bits per heavy atom. The van der Waals surface area contributed by atoms with E-state index in [1.54, 1.807) is 0 Å². The summed E-state index contributed by atoms with van der Waals surface area (Å²) in [6.45, 7) is 7.64. The molecular weight excluding hydrogens is 222 g/mol. The summed E-state index contributed by atoms with van der Waals surface area (Å²) in [5, 5.41) is 3.52. The quantitative estimate of drug-likeness (QED) is 0.637. The molecule has 0 spiro atoms. The lowest BCUT2D eigenvalue weighted by Gasteiger charge is -2.22. The summed E-state index contributed by atoms with van der Waals surface area (Å²) in [6, 6.07) is 0.527. The standard InChI is InChI=1S/C12H27NO2S/c1-5-9-13-12(11(2)3)8-6-7-10-16(4,14)15/h11-13H,5-10H2,1-4H3. The highest BCUT2D eigenvalue weighted by Crippen LogP contribution is 2.10. The molecule has 0 bridgehead atoms. The van der Waals surface area contributed by atoms with Gasteiger partial charge in [-0.05, 0) is 31.7 Å². The monoisotopic (exact) mass is 249 g/mol. The summed E-state index contributed by atoms with van der Waals surface area (Å²) in [7, 11) is -2.78. The Labute approximate surface area is 101 Å². The summed E-state index contributed by atoms with van der Waals surface area (Å²) in [5.74, 6) is 0.941. The Kier molecular flexibility index (Phi) is 8.02. The predicted molar refractivity (Wildman–Crippen MR) is 70.5 cm³/mol. The molecule has 0 aliphatic heterocycles. The molecule has 0 rings (SSSR count). The highest BCUT2D eigenvalue weighted by atomic mass is 32.2. The van der Waals surface area contributed by atoms with E-state index in [4.69, 9.17) is 0 Å². The van der Waals surface area contributed by atoms with Gasteiger partial charge in [-0.2, -0.15) is 0 Å². The fraction of sp³-hybridized carbons (Fsp3) is 1.00. The van der Waals surface area contributed by atoms with Crippen molar-refractivity contribution in [3.8, 4) is 0 Å². The van der Waals surface area contributed by atoms with Crippen molar-refractivity contribution < 1.29 is 8.42 Å². The van der Waals surface area contributed by atoms with Crippen molar-refractivity contribution in [2.45, 2.75) is 52.5 Å². The van der Waals surface area contributed by atoms with Crippen LogP contribution in [-0.2, 0) is 9.84 Å². The number of hydrogen-bond donors (Lipinski definition) is 1. The first kappa shape index (κ1) is 15.9. The van der Waals surface area contributed by atoms with E-state index in [-0.39, 0.29) is 0 Å². The van der Waals surface area contributed by atoms with Gasteiger partial charge in [-0.25, -0.2) is 8.42 Å². The van der Waals surface area contributed by atoms with Crippen LogP contribution in [0.1, 0.15) is 46.5 Å². The minimum Gasteiger partial charge on any atom is -0.314 e. The second-order valence-electron chi connectivity index (χ2n) is 4.93. The lowest BCUT2D eigenvalue weighted by Crippen LogP contribution is -2.34. The smallest absolute Gasteiger partial charge is 0.147 e. The summed E-state index contributed by atoms with van der Waals surface area (Å²) in [6.07, 6.45) is 5.31. The maximum absolute atomic E-state index is 11.0. The van der Waals surface area contributed by atoms with Crippen LogP contribution in [0, 0.1) is 5.92 Å². The van der Waals surface area contributed by atoms with Crippen molar-refractivity contribution in [2.75, 3.05) is 18.6 Å². The summed E-state index contributed by atoms with van der Waals surface area (Å²) >= 11 is 0. The molecular formula is C12H27NO2S. The van der Waals surface area contributed by atoms with Crippen LogP contribution in [-0.4, -0.2) is 33.0 Å². The van der Waals surface area contributed by atoms with Crippen LogP contribution in [0.3, 0.4) is 0 Å². The summed E-state index contributed by atoms with van der Waals surface area (Å²) in [5.41, 5.74) is 0. The zero-order chi connectivity index (χ0) is 12.6. The van der Waals surface area contributed by atoms with Crippen LogP contribution < -0.4 is 5.32 Å². The van der Waals surface area contributed by atoms with Crippen LogP contribution in [0.15, 0.2) is 0 Å². The fourth-order valence-corrected chi connectivity index (χ4v) is 2.46. The SMILES string of the molecule is CCCNC(CCCCS(C)(=O)=O)C(C)C. The number of rotatable bonds is 9. The Morgan fingerprint density at radius 1 is 1.19 bits per heavy atom. The molecule has 1 N–H and O–H groups in total. The normalized spacial score (nSPS) is 14.3. The number of sulfone groups is 1. The van der Waals surface area contributed by atoms with Gasteiger partial charge < -0.3 is 5.32 Å². The molecule has 0 heterocycles. The van der Waals surface area contributed by atoms with E-state index in [2.05, 4.69) is 26.1 Å². The summed E-state index contributed by atoms with van der Waals surface area (Å²) in [4.78, 5) is 0. The van der Waals surface area contributed by atoms with E-state index in [9.17, 15) is 8.42 Å². The second-order valence-corrected chi connectivity index (χ2v) is 7.19. The lowest BCUT2D eigenvalue weighted by molar-refractivity contribution is 0.369. The van der Waals surface area contributed by atoms with Gasteiger partial charge >= 0.3 is 0 Å². The van der Waals surface area contributed by atoms with Gasteiger partial charge in [0.2, 0.25) is 0 Å². The van der Waals surface area contributed by atoms with E-state index in [0.717, 1.165) is 32.2 Å². The maximum atomic E-state index is 11.0. The van der Waals surface area contributed by atoms with Crippen LogP contribution >= 0.6 is 0 Å². The molecule has 0 radical (unpaired) electrons. The van der Waals surface area contributed by atoms with E-state index < -0.39 is 9.84 Å². The van der Waals surface area contributed by atoms with Gasteiger partial charge in [-0.1, -0.05) is 27.2 Å². The molecule has 0 amide bonds. The first-order valence-corrected chi connectivity index (χ1v) is 8.34. The average molecular weight is 249 g/mol.